The number of hydrogen-bond acceptors (Lipinski definition) is 6. The molecule has 18 heavy (non-hydrogen) atoms. The Hall–Kier alpha value is -1.93. The monoisotopic (exact) mass is 268 g/mol. The number of hydrogen-bond donors (Lipinski definition) is 2. The predicted octanol–water partition coefficient (Wildman–Crippen LogP) is 0.439. The van der Waals surface area contributed by atoms with Crippen molar-refractivity contribution in [1.82, 2.24) is 14.9 Å². The molecule has 1 aromatic heterocycles. The Kier molecular flexibility index (Phi) is 3.30. The van der Waals surface area contributed by atoms with Crippen molar-refractivity contribution in [1.29, 1.82) is 0 Å². The van der Waals surface area contributed by atoms with E-state index < -0.39 is 10.0 Å². The number of sulfonamides is 1. The summed E-state index contributed by atoms with van der Waals surface area (Å²) in [5.74, 6) is 0.264. The standard InChI is InChI=1S/C10H12N4O3S/c1-7-2-3-8(11)4-9(7)18(15,16)13-5-10-12-6-17-14-10/h2-4,6,13H,5,11H2,1H3. The van der Waals surface area contributed by atoms with Crippen LogP contribution < -0.4 is 10.5 Å². The van der Waals surface area contributed by atoms with Gasteiger partial charge in [0.25, 0.3) is 0 Å². The van der Waals surface area contributed by atoms with Crippen LogP contribution in [0.25, 0.3) is 0 Å². The molecule has 7 nitrogen and oxygen atoms in total. The summed E-state index contributed by atoms with van der Waals surface area (Å²) >= 11 is 0. The van der Waals surface area contributed by atoms with Crippen molar-refractivity contribution in [3.05, 3.63) is 36.0 Å². The fourth-order valence-corrected chi connectivity index (χ4v) is 2.67. The van der Waals surface area contributed by atoms with Gasteiger partial charge >= 0.3 is 0 Å². The van der Waals surface area contributed by atoms with E-state index in [0.29, 0.717) is 11.3 Å². The van der Waals surface area contributed by atoms with Crippen LogP contribution in [-0.2, 0) is 16.6 Å². The van der Waals surface area contributed by atoms with Crippen LogP contribution in [0.3, 0.4) is 0 Å². The zero-order valence-corrected chi connectivity index (χ0v) is 10.4. The number of anilines is 1. The normalized spacial score (nSPS) is 11.6. The molecule has 0 aliphatic rings. The topological polar surface area (TPSA) is 111 Å². The Balaban J connectivity index is 2.22. The lowest BCUT2D eigenvalue weighted by atomic mass is 10.2. The maximum Gasteiger partial charge on any atom is 0.241 e. The Labute approximate surface area is 104 Å². The van der Waals surface area contributed by atoms with Crippen molar-refractivity contribution in [2.45, 2.75) is 18.4 Å². The quantitative estimate of drug-likeness (QED) is 0.778. The number of aryl methyl sites for hydroxylation is 1. The second-order valence-electron chi connectivity index (χ2n) is 3.70. The summed E-state index contributed by atoms with van der Waals surface area (Å²) in [5.41, 5.74) is 6.59. The van der Waals surface area contributed by atoms with E-state index in [4.69, 9.17) is 5.73 Å². The van der Waals surface area contributed by atoms with Crippen molar-refractivity contribution >= 4 is 15.7 Å². The van der Waals surface area contributed by atoms with Gasteiger partial charge in [0.15, 0.2) is 5.82 Å². The molecule has 0 spiro atoms. The third-order valence-corrected chi connectivity index (χ3v) is 3.87. The second-order valence-corrected chi connectivity index (χ2v) is 5.43. The van der Waals surface area contributed by atoms with Gasteiger partial charge in [0, 0.05) is 5.69 Å². The minimum Gasteiger partial charge on any atom is -0.399 e. The number of nitrogens with one attached hydrogen (secondary N) is 1. The van der Waals surface area contributed by atoms with Crippen LogP contribution in [0.2, 0.25) is 0 Å². The van der Waals surface area contributed by atoms with Crippen molar-refractivity contribution in [3.8, 4) is 0 Å². The molecule has 1 aromatic carbocycles. The number of rotatable bonds is 4. The van der Waals surface area contributed by atoms with Crippen LogP contribution in [0.1, 0.15) is 11.4 Å². The molecule has 96 valence electrons. The molecule has 0 bridgehead atoms. The van der Waals surface area contributed by atoms with E-state index in [-0.39, 0.29) is 17.3 Å². The molecule has 2 aromatic rings. The van der Waals surface area contributed by atoms with Crippen LogP contribution in [-0.4, -0.2) is 18.6 Å². The Morgan fingerprint density at radius 3 is 2.89 bits per heavy atom. The van der Waals surface area contributed by atoms with Crippen LogP contribution >= 0.6 is 0 Å². The summed E-state index contributed by atoms with van der Waals surface area (Å²) < 4.78 is 31.0. The molecule has 0 aliphatic carbocycles. The largest absolute Gasteiger partial charge is 0.399 e. The van der Waals surface area contributed by atoms with Gasteiger partial charge in [0.2, 0.25) is 16.4 Å². The van der Waals surface area contributed by atoms with Crippen LogP contribution in [0.5, 0.6) is 0 Å². The molecule has 2 rings (SSSR count). The molecule has 1 heterocycles. The Morgan fingerprint density at radius 2 is 2.22 bits per heavy atom. The first-order valence-electron chi connectivity index (χ1n) is 5.10. The van der Waals surface area contributed by atoms with E-state index in [9.17, 15) is 8.42 Å². The Morgan fingerprint density at radius 1 is 1.44 bits per heavy atom. The highest BCUT2D eigenvalue weighted by Crippen LogP contribution is 2.18. The van der Waals surface area contributed by atoms with Gasteiger partial charge in [-0.3, -0.25) is 0 Å². The van der Waals surface area contributed by atoms with E-state index in [2.05, 4.69) is 19.4 Å². The smallest absolute Gasteiger partial charge is 0.241 e. The van der Waals surface area contributed by atoms with Crippen LogP contribution in [0.15, 0.2) is 34.0 Å². The average Bonchev–Trinajstić information content (AvgIpc) is 2.83. The molecule has 0 radical (unpaired) electrons. The number of nitrogens with two attached hydrogens (primary N) is 1. The average molecular weight is 268 g/mol. The van der Waals surface area contributed by atoms with Gasteiger partial charge < -0.3 is 10.3 Å². The SMILES string of the molecule is Cc1ccc(N)cc1S(=O)(=O)NCc1ncon1. The third kappa shape index (κ3) is 2.66. The maximum absolute atomic E-state index is 12.0. The van der Waals surface area contributed by atoms with Crippen molar-refractivity contribution in [2.24, 2.45) is 0 Å². The van der Waals surface area contributed by atoms with Crippen LogP contribution in [0.4, 0.5) is 5.69 Å². The predicted molar refractivity (Wildman–Crippen MR) is 63.9 cm³/mol. The van der Waals surface area contributed by atoms with Gasteiger partial charge in [-0.1, -0.05) is 11.2 Å². The highest BCUT2D eigenvalue weighted by Gasteiger charge is 2.17. The summed E-state index contributed by atoms with van der Waals surface area (Å²) in [4.78, 5) is 3.87. The number of aromatic nitrogens is 2. The van der Waals surface area contributed by atoms with Crippen molar-refractivity contribution < 1.29 is 12.9 Å². The molecule has 0 saturated heterocycles. The van der Waals surface area contributed by atoms with Crippen molar-refractivity contribution in [2.75, 3.05) is 5.73 Å². The minimum atomic E-state index is -3.64. The fourth-order valence-electron chi connectivity index (χ4n) is 1.41. The molecule has 3 N–H and O–H groups in total. The lowest BCUT2D eigenvalue weighted by Gasteiger charge is -2.08. The molecule has 0 fully saturated rings. The zero-order valence-electron chi connectivity index (χ0n) is 9.62. The molecule has 0 atom stereocenters. The molecular weight excluding hydrogens is 256 g/mol. The molecule has 8 heteroatoms. The number of nitrogens with zero attached hydrogens (tertiary/aromatic N) is 2. The summed E-state index contributed by atoms with van der Waals surface area (Å²) in [6.45, 7) is 1.66. The van der Waals surface area contributed by atoms with Crippen LogP contribution in [0, 0.1) is 6.92 Å². The van der Waals surface area contributed by atoms with E-state index >= 15 is 0 Å². The summed E-state index contributed by atoms with van der Waals surface area (Å²) in [6, 6.07) is 4.71. The second kappa shape index (κ2) is 4.75. The summed E-state index contributed by atoms with van der Waals surface area (Å²) in [7, 11) is -3.64. The lowest BCUT2D eigenvalue weighted by Crippen LogP contribution is -2.24. The highest BCUT2D eigenvalue weighted by atomic mass is 32.2. The van der Waals surface area contributed by atoms with Gasteiger partial charge in [-0.05, 0) is 24.6 Å². The summed E-state index contributed by atoms with van der Waals surface area (Å²) in [6.07, 6.45) is 1.13. The maximum atomic E-state index is 12.0. The Bertz CT molecular complexity index is 637. The third-order valence-electron chi connectivity index (χ3n) is 2.33. The zero-order chi connectivity index (χ0) is 13.2. The van der Waals surface area contributed by atoms with E-state index in [1.165, 1.54) is 6.07 Å². The lowest BCUT2D eigenvalue weighted by molar-refractivity contribution is 0.409. The first kappa shape index (κ1) is 12.5. The van der Waals surface area contributed by atoms with E-state index in [1.807, 2.05) is 0 Å². The first-order valence-corrected chi connectivity index (χ1v) is 6.58. The molecule has 0 aliphatic heterocycles. The molecular formula is C10H12N4O3S. The van der Waals surface area contributed by atoms with Gasteiger partial charge in [-0.15, -0.1) is 0 Å². The van der Waals surface area contributed by atoms with Crippen molar-refractivity contribution in [3.63, 3.8) is 0 Å². The van der Waals surface area contributed by atoms with Gasteiger partial charge in [-0.25, -0.2) is 13.1 Å². The first-order chi connectivity index (χ1) is 8.49. The van der Waals surface area contributed by atoms with E-state index in [1.54, 1.807) is 19.1 Å². The summed E-state index contributed by atoms with van der Waals surface area (Å²) in [5, 5.41) is 3.52. The minimum absolute atomic E-state index is 0.0347. The molecule has 0 unspecified atom stereocenters. The fraction of sp³-hybridized carbons (Fsp3) is 0.200. The van der Waals surface area contributed by atoms with Gasteiger partial charge in [0.05, 0.1) is 11.4 Å². The van der Waals surface area contributed by atoms with Gasteiger partial charge in [0.1, 0.15) is 0 Å². The highest BCUT2D eigenvalue weighted by molar-refractivity contribution is 7.89. The van der Waals surface area contributed by atoms with Gasteiger partial charge in [-0.2, -0.15) is 4.98 Å². The number of nitrogen functional groups attached to an aromatic ring is 1. The number of benzene rings is 1. The van der Waals surface area contributed by atoms with E-state index in [0.717, 1.165) is 6.39 Å². The molecule has 0 amide bonds. The molecule has 0 saturated carbocycles.